The Kier molecular flexibility index (Phi) is 6.68. The molecule has 0 aliphatic rings. The number of carbonyl (C=O) groups excluding carboxylic acids is 1. The summed E-state index contributed by atoms with van der Waals surface area (Å²) in [5.74, 6) is 0.468. The molecule has 148 valence electrons. The van der Waals surface area contributed by atoms with E-state index in [9.17, 15) is 4.79 Å². The van der Waals surface area contributed by atoms with Crippen molar-refractivity contribution in [2.45, 2.75) is 59.8 Å². The molecular weight excluding hydrogens is 362 g/mol. The van der Waals surface area contributed by atoms with Crippen LogP contribution in [0.3, 0.4) is 0 Å². The summed E-state index contributed by atoms with van der Waals surface area (Å²) < 4.78 is 6.96. The maximum atomic E-state index is 13.0. The lowest BCUT2D eigenvalue weighted by Crippen LogP contribution is -2.32. The Morgan fingerprint density at radius 3 is 2.30 bits per heavy atom. The topological polar surface area (TPSA) is 57.0 Å². The Hall–Kier alpha value is -1.88. The van der Waals surface area contributed by atoms with Gasteiger partial charge in [0, 0.05) is 11.4 Å². The van der Waals surface area contributed by atoms with Gasteiger partial charge in [-0.25, -0.2) is 0 Å². The Balaban J connectivity index is 2.45. The van der Waals surface area contributed by atoms with Crippen molar-refractivity contribution in [1.29, 1.82) is 0 Å². The number of ether oxygens (including phenoxy) is 1. The molecule has 2 aromatic rings. The minimum absolute atomic E-state index is 0.0526. The van der Waals surface area contributed by atoms with E-state index in [1.807, 2.05) is 12.1 Å². The Morgan fingerprint density at radius 2 is 1.78 bits per heavy atom. The van der Waals surface area contributed by atoms with Gasteiger partial charge in [0.25, 0.3) is 5.91 Å². The quantitative estimate of drug-likeness (QED) is 0.473. The molecule has 0 bridgehead atoms. The molecule has 0 amide bonds. The van der Waals surface area contributed by atoms with Gasteiger partial charge in [0.05, 0.1) is 12.0 Å². The molecule has 0 atom stereocenters. The zero-order chi connectivity index (χ0) is 20.2. The number of benzene rings is 1. The second-order valence-electron chi connectivity index (χ2n) is 8.48. The van der Waals surface area contributed by atoms with Crippen LogP contribution in [0.2, 0.25) is 0 Å². The van der Waals surface area contributed by atoms with Crippen molar-refractivity contribution in [3.05, 3.63) is 29.8 Å². The van der Waals surface area contributed by atoms with Crippen molar-refractivity contribution in [1.82, 2.24) is 14.8 Å². The van der Waals surface area contributed by atoms with Crippen molar-refractivity contribution in [2.24, 2.45) is 5.41 Å². The Labute approximate surface area is 167 Å². The van der Waals surface area contributed by atoms with E-state index in [1.54, 1.807) is 13.8 Å². The summed E-state index contributed by atoms with van der Waals surface area (Å²) >= 11 is 6.00. The van der Waals surface area contributed by atoms with Gasteiger partial charge in [-0.15, -0.1) is 16.7 Å². The molecule has 0 radical (unpaired) electrons. The maximum Gasteiger partial charge on any atom is 0.336 e. The van der Waals surface area contributed by atoms with E-state index in [2.05, 4.69) is 49.9 Å². The van der Waals surface area contributed by atoms with Crippen LogP contribution in [0.5, 0.6) is 6.01 Å². The monoisotopic (exact) mass is 391 g/mol. The first kappa shape index (κ1) is 21.4. The zero-order valence-electron chi connectivity index (χ0n) is 17.2. The predicted molar refractivity (Wildman–Crippen MR) is 110 cm³/mol. The Bertz CT molecular complexity index is 774. The van der Waals surface area contributed by atoms with E-state index in [0.29, 0.717) is 12.4 Å². The average Bonchev–Trinajstić information content (AvgIpc) is 3.04. The van der Waals surface area contributed by atoms with Gasteiger partial charge in [-0.3, -0.25) is 4.79 Å². The van der Waals surface area contributed by atoms with Crippen LogP contribution in [-0.2, 0) is 5.41 Å². The first-order chi connectivity index (χ1) is 12.6. The van der Waals surface area contributed by atoms with Crippen molar-refractivity contribution in [3.63, 3.8) is 0 Å². The van der Waals surface area contributed by atoms with Crippen molar-refractivity contribution >= 4 is 17.5 Å². The van der Waals surface area contributed by atoms with Gasteiger partial charge >= 0.3 is 6.01 Å². The normalized spacial score (nSPS) is 12.3. The number of unbranched alkanes of at least 4 members (excludes halogenated alkanes) is 1. The number of hydrogen-bond donors (Lipinski definition) is 0. The van der Waals surface area contributed by atoms with Crippen LogP contribution in [0, 0.1) is 5.41 Å². The molecule has 0 spiro atoms. The lowest BCUT2D eigenvalue weighted by Gasteiger charge is -2.20. The van der Waals surface area contributed by atoms with E-state index < -0.39 is 5.41 Å². The maximum absolute atomic E-state index is 13.0. The third kappa shape index (κ3) is 5.10. The van der Waals surface area contributed by atoms with E-state index in [1.165, 1.54) is 10.2 Å². The second kappa shape index (κ2) is 8.42. The van der Waals surface area contributed by atoms with E-state index in [0.717, 1.165) is 18.4 Å². The third-order valence-corrected chi connectivity index (χ3v) is 5.10. The minimum Gasteiger partial charge on any atom is -0.462 e. The summed E-state index contributed by atoms with van der Waals surface area (Å²) in [6, 6.07) is 8.28. The van der Waals surface area contributed by atoms with Crippen molar-refractivity contribution in [2.75, 3.05) is 12.5 Å². The van der Waals surface area contributed by atoms with Gasteiger partial charge in [0.2, 0.25) is 0 Å². The predicted octanol–water partition coefficient (Wildman–Crippen LogP) is 5.33. The van der Waals surface area contributed by atoms with E-state index >= 15 is 0 Å². The fraction of sp³-hybridized carbons (Fsp3) is 0.571. The summed E-state index contributed by atoms with van der Waals surface area (Å²) in [6.07, 6.45) is 1.92. The van der Waals surface area contributed by atoms with Crippen molar-refractivity contribution < 1.29 is 9.53 Å². The number of halogens is 1. The molecule has 0 aliphatic carbocycles. The molecule has 0 saturated heterocycles. The van der Waals surface area contributed by atoms with Gasteiger partial charge in [-0.1, -0.05) is 58.4 Å². The van der Waals surface area contributed by atoms with Crippen LogP contribution in [0.25, 0.3) is 11.4 Å². The molecule has 6 heteroatoms. The lowest BCUT2D eigenvalue weighted by molar-refractivity contribution is 0.0752. The number of rotatable bonds is 7. The first-order valence-electron chi connectivity index (χ1n) is 9.41. The van der Waals surface area contributed by atoms with Gasteiger partial charge in [-0.05, 0) is 31.2 Å². The number of alkyl halides is 1. The molecule has 27 heavy (non-hydrogen) atoms. The summed E-state index contributed by atoms with van der Waals surface area (Å²) in [5, 5.41) is 4.32. The molecule has 0 N–H and O–H groups in total. The van der Waals surface area contributed by atoms with Gasteiger partial charge in [-0.2, -0.15) is 9.67 Å². The molecule has 0 fully saturated rings. The Morgan fingerprint density at radius 1 is 1.15 bits per heavy atom. The standard InChI is InChI=1S/C21H30ClN3O2/c1-7-8-13-27-19-23-17(25(24-19)18(26)21(5,6)14-22)15-9-11-16(12-10-15)20(2,3)4/h9-12H,7-8,13-14H2,1-6H3. The third-order valence-electron chi connectivity index (χ3n) is 4.43. The summed E-state index contributed by atoms with van der Waals surface area (Å²) in [5.41, 5.74) is 1.33. The van der Waals surface area contributed by atoms with Crippen LogP contribution in [0.1, 0.15) is 64.7 Å². The smallest absolute Gasteiger partial charge is 0.336 e. The molecule has 5 nitrogen and oxygen atoms in total. The summed E-state index contributed by atoms with van der Waals surface area (Å²) in [7, 11) is 0. The highest BCUT2D eigenvalue weighted by Gasteiger charge is 2.32. The fourth-order valence-electron chi connectivity index (χ4n) is 2.45. The molecule has 1 aromatic heterocycles. The number of hydrogen-bond acceptors (Lipinski definition) is 4. The van der Waals surface area contributed by atoms with Crippen LogP contribution >= 0.6 is 11.6 Å². The SMILES string of the molecule is CCCCOc1nc(-c2ccc(C(C)(C)C)cc2)n(C(=O)C(C)(C)CCl)n1. The summed E-state index contributed by atoms with van der Waals surface area (Å²) in [4.78, 5) is 17.5. The lowest BCUT2D eigenvalue weighted by atomic mass is 9.86. The van der Waals surface area contributed by atoms with Crippen LogP contribution < -0.4 is 4.74 Å². The van der Waals surface area contributed by atoms with Crippen LogP contribution in [-0.4, -0.2) is 33.2 Å². The van der Waals surface area contributed by atoms with E-state index in [-0.39, 0.29) is 23.2 Å². The molecule has 0 unspecified atom stereocenters. The highest BCUT2D eigenvalue weighted by Crippen LogP contribution is 2.28. The highest BCUT2D eigenvalue weighted by atomic mass is 35.5. The average molecular weight is 392 g/mol. The number of aromatic nitrogens is 3. The van der Waals surface area contributed by atoms with Gasteiger partial charge in [0.15, 0.2) is 5.82 Å². The first-order valence-corrected chi connectivity index (χ1v) is 9.95. The minimum atomic E-state index is -0.754. The molecule has 2 rings (SSSR count). The molecule has 1 aromatic carbocycles. The van der Waals surface area contributed by atoms with Gasteiger partial charge in [0.1, 0.15) is 0 Å². The number of nitrogens with zero attached hydrogens (tertiary/aromatic N) is 3. The molecule has 1 heterocycles. The second-order valence-corrected chi connectivity index (χ2v) is 8.75. The van der Waals surface area contributed by atoms with Crippen LogP contribution in [0.4, 0.5) is 0 Å². The zero-order valence-corrected chi connectivity index (χ0v) is 17.9. The molecule has 0 aliphatic heterocycles. The van der Waals surface area contributed by atoms with Crippen LogP contribution in [0.15, 0.2) is 24.3 Å². The van der Waals surface area contributed by atoms with Crippen molar-refractivity contribution in [3.8, 4) is 17.4 Å². The van der Waals surface area contributed by atoms with Gasteiger partial charge < -0.3 is 4.74 Å². The highest BCUT2D eigenvalue weighted by molar-refractivity contribution is 6.20. The molecular formula is C21H30ClN3O2. The molecule has 0 saturated carbocycles. The largest absolute Gasteiger partial charge is 0.462 e. The fourth-order valence-corrected chi connectivity index (χ4v) is 2.57. The number of carbonyl (C=O) groups is 1. The van der Waals surface area contributed by atoms with E-state index in [4.69, 9.17) is 16.3 Å². The summed E-state index contributed by atoms with van der Waals surface area (Å²) in [6.45, 7) is 12.7.